The Hall–Kier alpha value is -2.71. The standard InChI is InChI=1S/C18H17N3O3S2/c1-11-19-12(9-25-11)4-7-17(22)21-18-20-15(10-26-18)14-8-13(23-2)5-6-16(14)24-3/h4-10H,1-3H3,(H,20,21,22)/b7-4+. The molecule has 1 amide bonds. The van der Waals surface area contributed by atoms with Crippen molar-refractivity contribution in [1.82, 2.24) is 9.97 Å². The highest BCUT2D eigenvalue weighted by molar-refractivity contribution is 7.14. The quantitative estimate of drug-likeness (QED) is 0.640. The first-order valence-corrected chi connectivity index (χ1v) is 9.44. The van der Waals surface area contributed by atoms with E-state index in [1.807, 2.05) is 35.9 Å². The average molecular weight is 387 g/mol. The van der Waals surface area contributed by atoms with E-state index in [1.54, 1.807) is 31.6 Å². The van der Waals surface area contributed by atoms with Crippen LogP contribution in [0.15, 0.2) is 35.0 Å². The topological polar surface area (TPSA) is 73.3 Å². The number of amides is 1. The van der Waals surface area contributed by atoms with Gasteiger partial charge < -0.3 is 9.47 Å². The van der Waals surface area contributed by atoms with Crippen molar-refractivity contribution in [2.45, 2.75) is 6.92 Å². The van der Waals surface area contributed by atoms with Gasteiger partial charge in [-0.2, -0.15) is 0 Å². The second-order valence-corrected chi connectivity index (χ2v) is 7.14. The largest absolute Gasteiger partial charge is 0.497 e. The molecule has 8 heteroatoms. The molecule has 0 spiro atoms. The second-order valence-electron chi connectivity index (χ2n) is 5.22. The first-order chi connectivity index (χ1) is 12.6. The summed E-state index contributed by atoms with van der Waals surface area (Å²) in [6.45, 7) is 1.92. The van der Waals surface area contributed by atoms with Gasteiger partial charge >= 0.3 is 0 Å². The Morgan fingerprint density at radius 1 is 1.15 bits per heavy atom. The predicted octanol–water partition coefficient (Wildman–Crippen LogP) is 4.24. The summed E-state index contributed by atoms with van der Waals surface area (Å²) in [6.07, 6.45) is 3.13. The van der Waals surface area contributed by atoms with Gasteiger partial charge in [-0.3, -0.25) is 10.1 Å². The number of benzene rings is 1. The van der Waals surface area contributed by atoms with Crippen LogP contribution >= 0.6 is 22.7 Å². The van der Waals surface area contributed by atoms with Crippen LogP contribution in [0.5, 0.6) is 11.5 Å². The van der Waals surface area contributed by atoms with E-state index in [9.17, 15) is 4.79 Å². The Balaban J connectivity index is 1.74. The number of thiazole rings is 2. The summed E-state index contributed by atoms with van der Waals surface area (Å²) < 4.78 is 10.6. The van der Waals surface area contributed by atoms with Crippen molar-refractivity contribution in [3.8, 4) is 22.8 Å². The Labute approximate surface area is 159 Å². The zero-order valence-electron chi connectivity index (χ0n) is 14.5. The number of nitrogens with one attached hydrogen (secondary N) is 1. The molecule has 1 N–H and O–H groups in total. The van der Waals surface area contributed by atoms with Crippen molar-refractivity contribution in [1.29, 1.82) is 0 Å². The van der Waals surface area contributed by atoms with Gasteiger partial charge in [0.2, 0.25) is 5.91 Å². The summed E-state index contributed by atoms with van der Waals surface area (Å²) in [7, 11) is 3.21. The van der Waals surface area contributed by atoms with Crippen molar-refractivity contribution in [3.05, 3.63) is 45.7 Å². The minimum atomic E-state index is -0.255. The number of carbonyl (C=O) groups is 1. The number of ether oxygens (including phenoxy) is 2. The van der Waals surface area contributed by atoms with Gasteiger partial charge in [-0.05, 0) is 31.2 Å². The maximum Gasteiger partial charge on any atom is 0.250 e. The lowest BCUT2D eigenvalue weighted by molar-refractivity contribution is -0.111. The predicted molar refractivity (Wildman–Crippen MR) is 105 cm³/mol. The van der Waals surface area contributed by atoms with Gasteiger partial charge in [0.15, 0.2) is 5.13 Å². The van der Waals surface area contributed by atoms with Crippen LogP contribution in [-0.4, -0.2) is 30.1 Å². The molecule has 6 nitrogen and oxygen atoms in total. The first kappa shape index (κ1) is 18.1. The maximum absolute atomic E-state index is 12.1. The molecule has 0 saturated heterocycles. The highest BCUT2D eigenvalue weighted by Crippen LogP contribution is 2.35. The molecule has 0 bridgehead atoms. The number of hydrogen-bond acceptors (Lipinski definition) is 7. The Morgan fingerprint density at radius 3 is 2.69 bits per heavy atom. The lowest BCUT2D eigenvalue weighted by atomic mass is 10.1. The number of carbonyl (C=O) groups excluding carboxylic acids is 1. The monoisotopic (exact) mass is 387 g/mol. The zero-order valence-corrected chi connectivity index (χ0v) is 16.1. The number of hydrogen-bond donors (Lipinski definition) is 1. The average Bonchev–Trinajstić information content (AvgIpc) is 3.28. The van der Waals surface area contributed by atoms with Crippen LogP contribution < -0.4 is 14.8 Å². The SMILES string of the molecule is COc1ccc(OC)c(-c2csc(NC(=O)/C=C/c3csc(C)n3)n2)c1. The summed E-state index contributed by atoms with van der Waals surface area (Å²) in [6, 6.07) is 5.50. The molecule has 0 unspecified atom stereocenters. The summed E-state index contributed by atoms with van der Waals surface area (Å²) >= 11 is 2.89. The molecule has 0 radical (unpaired) electrons. The van der Waals surface area contributed by atoms with Crippen molar-refractivity contribution in [3.63, 3.8) is 0 Å². The van der Waals surface area contributed by atoms with Gasteiger partial charge in [-0.15, -0.1) is 22.7 Å². The van der Waals surface area contributed by atoms with Crippen molar-refractivity contribution >= 4 is 39.8 Å². The fourth-order valence-electron chi connectivity index (χ4n) is 2.23. The Bertz CT molecular complexity index is 947. The molecule has 0 atom stereocenters. The molecule has 2 aromatic heterocycles. The third kappa shape index (κ3) is 4.27. The van der Waals surface area contributed by atoms with Crippen molar-refractivity contribution < 1.29 is 14.3 Å². The fraction of sp³-hybridized carbons (Fsp3) is 0.167. The van der Waals surface area contributed by atoms with Crippen LogP contribution in [0.2, 0.25) is 0 Å². The number of aromatic nitrogens is 2. The van der Waals surface area contributed by atoms with Gasteiger partial charge in [0, 0.05) is 22.4 Å². The number of rotatable bonds is 6. The fourth-order valence-corrected chi connectivity index (χ4v) is 3.53. The van der Waals surface area contributed by atoms with E-state index in [0.29, 0.717) is 22.3 Å². The molecule has 2 heterocycles. The third-order valence-electron chi connectivity index (χ3n) is 3.46. The molecule has 0 aliphatic carbocycles. The molecule has 3 aromatic rings. The normalized spacial score (nSPS) is 10.9. The molecule has 1 aromatic carbocycles. The Morgan fingerprint density at radius 2 is 2.00 bits per heavy atom. The van der Waals surface area contributed by atoms with E-state index in [4.69, 9.17) is 9.47 Å². The van der Waals surface area contributed by atoms with Crippen LogP contribution in [0.25, 0.3) is 17.3 Å². The molecule has 0 saturated carbocycles. The summed E-state index contributed by atoms with van der Waals surface area (Å²) in [5.41, 5.74) is 2.28. The first-order valence-electron chi connectivity index (χ1n) is 7.68. The number of nitrogens with zero attached hydrogens (tertiary/aromatic N) is 2. The molecular formula is C18H17N3O3S2. The van der Waals surface area contributed by atoms with E-state index in [1.165, 1.54) is 17.4 Å². The van der Waals surface area contributed by atoms with E-state index in [2.05, 4.69) is 15.3 Å². The van der Waals surface area contributed by atoms with Crippen LogP contribution in [0.3, 0.4) is 0 Å². The molecule has 134 valence electrons. The third-order valence-corrected chi connectivity index (χ3v) is 5.01. The van der Waals surface area contributed by atoms with Crippen LogP contribution in [0.4, 0.5) is 5.13 Å². The van der Waals surface area contributed by atoms with Crippen LogP contribution in [0, 0.1) is 6.92 Å². The van der Waals surface area contributed by atoms with Crippen LogP contribution in [-0.2, 0) is 4.79 Å². The Kier molecular flexibility index (Phi) is 5.65. The summed E-state index contributed by atoms with van der Waals surface area (Å²) in [5, 5.41) is 7.99. The number of aryl methyl sites for hydroxylation is 1. The maximum atomic E-state index is 12.1. The van der Waals surface area contributed by atoms with Gasteiger partial charge in [0.05, 0.1) is 30.6 Å². The lowest BCUT2D eigenvalue weighted by Crippen LogP contribution is -2.07. The second kappa shape index (κ2) is 8.11. The minimum absolute atomic E-state index is 0.255. The zero-order chi connectivity index (χ0) is 18.5. The van der Waals surface area contributed by atoms with Crippen molar-refractivity contribution in [2.75, 3.05) is 19.5 Å². The molecular weight excluding hydrogens is 370 g/mol. The molecule has 0 aliphatic heterocycles. The van der Waals surface area contributed by atoms with E-state index in [0.717, 1.165) is 16.3 Å². The molecule has 0 aliphatic rings. The molecule has 3 rings (SSSR count). The van der Waals surface area contributed by atoms with E-state index < -0.39 is 0 Å². The highest BCUT2D eigenvalue weighted by atomic mass is 32.1. The van der Waals surface area contributed by atoms with E-state index >= 15 is 0 Å². The minimum Gasteiger partial charge on any atom is -0.497 e. The summed E-state index contributed by atoms with van der Waals surface area (Å²) in [5.74, 6) is 1.14. The smallest absolute Gasteiger partial charge is 0.250 e. The number of anilines is 1. The highest BCUT2D eigenvalue weighted by Gasteiger charge is 2.12. The van der Waals surface area contributed by atoms with Gasteiger partial charge in [-0.25, -0.2) is 9.97 Å². The lowest BCUT2D eigenvalue weighted by Gasteiger charge is -2.08. The van der Waals surface area contributed by atoms with Crippen molar-refractivity contribution in [2.24, 2.45) is 0 Å². The van der Waals surface area contributed by atoms with Crippen LogP contribution in [0.1, 0.15) is 10.7 Å². The van der Waals surface area contributed by atoms with Gasteiger partial charge in [-0.1, -0.05) is 0 Å². The number of methoxy groups -OCH3 is 2. The van der Waals surface area contributed by atoms with E-state index in [-0.39, 0.29) is 5.91 Å². The van der Waals surface area contributed by atoms with Gasteiger partial charge in [0.25, 0.3) is 0 Å². The molecule has 26 heavy (non-hydrogen) atoms. The summed E-state index contributed by atoms with van der Waals surface area (Å²) in [4.78, 5) is 20.8. The molecule has 0 fully saturated rings. The van der Waals surface area contributed by atoms with Gasteiger partial charge in [0.1, 0.15) is 11.5 Å².